The largest absolute Gasteiger partial charge is 0.750 e. The van der Waals surface area contributed by atoms with Crippen LogP contribution in [0.25, 0.3) is 0 Å². The summed E-state index contributed by atoms with van der Waals surface area (Å²) in [5, 5.41) is 0. The van der Waals surface area contributed by atoms with Gasteiger partial charge in [0.15, 0.2) is 5.76 Å². The van der Waals surface area contributed by atoms with E-state index < -0.39 is 8.25 Å². The van der Waals surface area contributed by atoms with Crippen molar-refractivity contribution in [2.75, 3.05) is 0 Å². The van der Waals surface area contributed by atoms with Crippen molar-refractivity contribution in [3.8, 4) is 0 Å². The van der Waals surface area contributed by atoms with Crippen LogP contribution in [0.1, 0.15) is 13.8 Å². The molecule has 0 aromatic heterocycles. The Kier molecular flexibility index (Phi) is 1.84. The number of allylic oxidation sites excluding steroid dienone is 1. The summed E-state index contributed by atoms with van der Waals surface area (Å²) in [6, 6.07) is 0. The lowest BCUT2D eigenvalue weighted by molar-refractivity contribution is 0.204. The molecule has 0 aliphatic carbocycles. The normalized spacial score (nSPS) is 31.1. The maximum Gasteiger partial charge on any atom is 0.750 e. The van der Waals surface area contributed by atoms with Crippen LogP contribution in [0.3, 0.4) is 0 Å². The lowest BCUT2D eigenvalue weighted by atomic mass is 10.3. The van der Waals surface area contributed by atoms with Crippen LogP contribution >= 0.6 is 8.25 Å². The minimum Gasteiger partial charge on any atom is -0.234 e. The summed E-state index contributed by atoms with van der Waals surface area (Å²) < 4.78 is 20.0. The molecule has 0 saturated carbocycles. The third kappa shape index (κ3) is 1.77. The van der Waals surface area contributed by atoms with Crippen LogP contribution in [0.5, 0.6) is 0 Å². The van der Waals surface area contributed by atoms with E-state index in [0.29, 0.717) is 5.76 Å². The van der Waals surface area contributed by atoms with Gasteiger partial charge in [0.2, 0.25) is 0 Å². The second-order valence-corrected chi connectivity index (χ2v) is 2.74. The molecule has 1 heterocycles. The van der Waals surface area contributed by atoms with Crippen LogP contribution in [-0.4, -0.2) is 6.10 Å². The molecule has 0 fully saturated rings. The van der Waals surface area contributed by atoms with Crippen molar-refractivity contribution < 1.29 is 13.6 Å². The van der Waals surface area contributed by atoms with Gasteiger partial charge in [0, 0.05) is 4.57 Å². The van der Waals surface area contributed by atoms with E-state index in [1.807, 2.05) is 6.92 Å². The standard InChI is InChI=1S/C5H8O3P/c1-4-3-5(2)8-9(6)7-4/h3-4H,1-2H3/q+1. The van der Waals surface area contributed by atoms with Crippen LogP contribution in [0, 0.1) is 0 Å². The maximum absolute atomic E-state index is 10.5. The lowest BCUT2D eigenvalue weighted by Crippen LogP contribution is -2.04. The highest BCUT2D eigenvalue weighted by Gasteiger charge is 2.29. The van der Waals surface area contributed by atoms with Crippen molar-refractivity contribution >= 4 is 8.25 Å². The highest BCUT2D eigenvalue weighted by Crippen LogP contribution is 2.33. The molecule has 0 spiro atoms. The van der Waals surface area contributed by atoms with E-state index in [1.165, 1.54) is 0 Å². The van der Waals surface area contributed by atoms with E-state index in [0.717, 1.165) is 0 Å². The first-order valence-corrected chi connectivity index (χ1v) is 3.78. The molecule has 1 aliphatic rings. The monoisotopic (exact) mass is 147 g/mol. The van der Waals surface area contributed by atoms with Crippen molar-refractivity contribution in [1.29, 1.82) is 0 Å². The van der Waals surface area contributed by atoms with Crippen LogP contribution in [0.2, 0.25) is 0 Å². The summed E-state index contributed by atoms with van der Waals surface area (Å²) in [6.45, 7) is 3.57. The molecule has 4 heteroatoms. The van der Waals surface area contributed by atoms with Gasteiger partial charge in [0.1, 0.15) is 6.10 Å². The Balaban J connectivity index is 2.67. The first kappa shape index (κ1) is 6.72. The zero-order valence-corrected chi connectivity index (χ0v) is 6.22. The van der Waals surface area contributed by atoms with E-state index in [4.69, 9.17) is 9.05 Å². The number of rotatable bonds is 0. The van der Waals surface area contributed by atoms with E-state index in [9.17, 15) is 4.57 Å². The molecule has 0 aromatic rings. The Labute approximate surface area is 54.6 Å². The average molecular weight is 147 g/mol. The topological polar surface area (TPSA) is 35.5 Å². The van der Waals surface area contributed by atoms with Gasteiger partial charge < -0.3 is 0 Å². The molecule has 0 aromatic carbocycles. The molecule has 2 atom stereocenters. The molecule has 0 saturated heterocycles. The first-order chi connectivity index (χ1) is 4.18. The van der Waals surface area contributed by atoms with Gasteiger partial charge in [-0.2, -0.15) is 0 Å². The number of hydrogen-bond acceptors (Lipinski definition) is 3. The van der Waals surface area contributed by atoms with Gasteiger partial charge in [0.05, 0.1) is 0 Å². The van der Waals surface area contributed by atoms with Gasteiger partial charge in [-0.15, -0.1) is 4.52 Å². The van der Waals surface area contributed by atoms with Crippen LogP contribution in [0.4, 0.5) is 0 Å². The predicted octanol–water partition coefficient (Wildman–Crippen LogP) is 1.98. The Morgan fingerprint density at radius 2 is 2.44 bits per heavy atom. The van der Waals surface area contributed by atoms with Gasteiger partial charge in [-0.05, 0) is 19.9 Å². The Morgan fingerprint density at radius 1 is 1.78 bits per heavy atom. The molecule has 0 bridgehead atoms. The Morgan fingerprint density at radius 3 is 2.89 bits per heavy atom. The van der Waals surface area contributed by atoms with Crippen molar-refractivity contribution in [3.63, 3.8) is 0 Å². The lowest BCUT2D eigenvalue weighted by Gasteiger charge is -2.02. The summed E-state index contributed by atoms with van der Waals surface area (Å²) in [6.07, 6.45) is 1.69. The van der Waals surface area contributed by atoms with E-state index in [-0.39, 0.29) is 6.10 Å². The van der Waals surface area contributed by atoms with E-state index >= 15 is 0 Å². The SMILES string of the molecule is CC1=CC(C)O[P+](=O)O1. The van der Waals surface area contributed by atoms with Crippen molar-refractivity contribution in [2.24, 2.45) is 0 Å². The average Bonchev–Trinajstić information content (AvgIpc) is 1.59. The third-order valence-corrected chi connectivity index (χ3v) is 1.88. The number of hydrogen-bond donors (Lipinski definition) is 0. The van der Waals surface area contributed by atoms with Gasteiger partial charge >= 0.3 is 8.25 Å². The summed E-state index contributed by atoms with van der Waals surface area (Å²) in [4.78, 5) is 0. The summed E-state index contributed by atoms with van der Waals surface area (Å²) in [5.74, 6) is 0.676. The fourth-order valence-electron chi connectivity index (χ4n) is 0.666. The zero-order valence-electron chi connectivity index (χ0n) is 5.33. The molecule has 50 valence electrons. The van der Waals surface area contributed by atoms with Gasteiger partial charge in [-0.3, -0.25) is 0 Å². The smallest absolute Gasteiger partial charge is 0.234 e. The summed E-state index contributed by atoms with van der Waals surface area (Å²) >= 11 is 0. The third-order valence-electron chi connectivity index (χ3n) is 0.940. The molecule has 1 rings (SSSR count). The van der Waals surface area contributed by atoms with E-state index in [2.05, 4.69) is 0 Å². The van der Waals surface area contributed by atoms with Crippen molar-refractivity contribution in [3.05, 3.63) is 11.8 Å². The Bertz CT molecular complexity index is 164. The predicted molar refractivity (Wildman–Crippen MR) is 33.0 cm³/mol. The van der Waals surface area contributed by atoms with Crippen molar-refractivity contribution in [1.82, 2.24) is 0 Å². The minimum absolute atomic E-state index is 0.0811. The second-order valence-electron chi connectivity index (χ2n) is 1.90. The quantitative estimate of drug-likeness (QED) is 0.491. The molecule has 1 aliphatic heterocycles. The highest BCUT2D eigenvalue weighted by molar-refractivity contribution is 7.33. The summed E-state index contributed by atoms with van der Waals surface area (Å²) in [7, 11) is -1.89. The fourth-order valence-corrected chi connectivity index (χ4v) is 1.34. The zero-order chi connectivity index (χ0) is 6.85. The Hall–Kier alpha value is -0.400. The minimum atomic E-state index is -1.89. The van der Waals surface area contributed by atoms with E-state index in [1.54, 1.807) is 13.0 Å². The maximum atomic E-state index is 10.5. The van der Waals surface area contributed by atoms with Crippen LogP contribution in [0.15, 0.2) is 11.8 Å². The summed E-state index contributed by atoms with van der Waals surface area (Å²) in [5.41, 5.74) is 0. The molecular formula is C5H8O3P+. The van der Waals surface area contributed by atoms with Crippen LogP contribution in [-0.2, 0) is 13.6 Å². The van der Waals surface area contributed by atoms with Gasteiger partial charge in [-0.25, -0.2) is 4.52 Å². The fraction of sp³-hybridized carbons (Fsp3) is 0.600. The van der Waals surface area contributed by atoms with Crippen molar-refractivity contribution in [2.45, 2.75) is 20.0 Å². The molecule has 0 amide bonds. The van der Waals surface area contributed by atoms with Gasteiger partial charge in [0.25, 0.3) is 0 Å². The molecule has 0 radical (unpaired) electrons. The highest BCUT2D eigenvalue weighted by atomic mass is 31.1. The molecule has 9 heavy (non-hydrogen) atoms. The van der Waals surface area contributed by atoms with Crippen LogP contribution < -0.4 is 0 Å². The second kappa shape index (κ2) is 2.46. The molecular weight excluding hydrogens is 139 g/mol. The molecule has 2 unspecified atom stereocenters. The van der Waals surface area contributed by atoms with Gasteiger partial charge in [-0.1, -0.05) is 0 Å². The molecule has 3 nitrogen and oxygen atoms in total. The molecule has 0 N–H and O–H groups in total. The first-order valence-electron chi connectivity index (χ1n) is 2.69.